The van der Waals surface area contributed by atoms with Crippen LogP contribution in [-0.4, -0.2) is 137 Å². The maximum atomic E-state index is 13.8. The summed E-state index contributed by atoms with van der Waals surface area (Å²) in [6.07, 6.45) is 6.53. The standard InChI is InChI=1S/C67H96N6O12/c1-8-11-15-27-58(65(78)73(42-10-3)45-41-70-66(79)83-48-52-23-16-12-17-24-52)71-62(76)38-37-61(75)69-40-44-72(63(77)22-9-2)43-39-68-60(74)28-20-14-21-46-82-64-47-50(4)51(5)59(85-64)49-84-67(53-25-18-13-19-26-53,54-29-33-56(80-6)34-30-54)55-31-35-57(81-7)36-32-55/h12-13,16-19,23-26,29-36,50-51,58-59,64H,8-11,14-15,20-22,27-28,37-49H2,1-7H3,(H,68,74)(H,69,75)(H,70,79)(H,71,76). The lowest BCUT2D eigenvalue weighted by Gasteiger charge is -2.42. The molecule has 1 saturated heterocycles. The molecule has 5 atom stereocenters. The van der Waals surface area contributed by atoms with E-state index in [4.69, 9.17) is 28.4 Å². The summed E-state index contributed by atoms with van der Waals surface area (Å²) in [5.41, 5.74) is 2.75. The zero-order valence-electron chi connectivity index (χ0n) is 51.5. The van der Waals surface area contributed by atoms with Gasteiger partial charge in [0.15, 0.2) is 6.29 Å². The summed E-state index contributed by atoms with van der Waals surface area (Å²) < 4.78 is 36.6. The predicted molar refractivity (Wildman–Crippen MR) is 329 cm³/mol. The van der Waals surface area contributed by atoms with E-state index >= 15 is 0 Å². The number of carbonyl (C=O) groups is 6. The number of alkyl carbamates (subject to hydrolysis) is 1. The molecule has 4 aromatic carbocycles. The third-order valence-corrected chi connectivity index (χ3v) is 15.6. The number of hydrogen-bond donors (Lipinski definition) is 4. The van der Waals surface area contributed by atoms with Gasteiger partial charge in [0.05, 0.1) is 26.9 Å². The number of carbonyl (C=O) groups excluding carboxylic acids is 6. The Morgan fingerprint density at radius 2 is 1.18 bits per heavy atom. The minimum atomic E-state index is -0.975. The molecule has 0 radical (unpaired) electrons. The minimum absolute atomic E-state index is 0.0768. The summed E-state index contributed by atoms with van der Waals surface area (Å²) >= 11 is 0. The molecule has 0 bridgehead atoms. The molecule has 18 heteroatoms. The van der Waals surface area contributed by atoms with Crippen molar-refractivity contribution in [3.63, 3.8) is 0 Å². The van der Waals surface area contributed by atoms with Crippen molar-refractivity contribution in [1.29, 1.82) is 0 Å². The SMILES string of the molecule is CCCCCC(NC(=O)CCC(=O)NCCN(CCNC(=O)CCCCCOC1CC(C)C(C)C(COC(c2ccccc2)(c2ccc(OC)cc2)c2ccc(OC)cc2)O1)C(=O)CCC)C(=O)N(CCC)CCNC(=O)OCc1ccccc1. The fourth-order valence-electron chi connectivity index (χ4n) is 10.4. The fraction of sp³-hybridized carbons (Fsp3) is 0.552. The molecule has 1 heterocycles. The van der Waals surface area contributed by atoms with Crippen molar-refractivity contribution >= 4 is 35.6 Å². The Morgan fingerprint density at radius 1 is 0.600 bits per heavy atom. The van der Waals surface area contributed by atoms with Crippen molar-refractivity contribution in [1.82, 2.24) is 31.1 Å². The van der Waals surface area contributed by atoms with Crippen molar-refractivity contribution < 1.29 is 57.2 Å². The van der Waals surface area contributed by atoms with Gasteiger partial charge in [0.1, 0.15) is 29.7 Å². The quantitative estimate of drug-likeness (QED) is 0.0243. The Labute approximate surface area is 505 Å². The molecule has 0 saturated carbocycles. The molecule has 1 aliphatic rings. The monoisotopic (exact) mass is 1180 g/mol. The molecule has 85 heavy (non-hydrogen) atoms. The van der Waals surface area contributed by atoms with E-state index in [1.807, 2.05) is 111 Å². The second-order valence-corrected chi connectivity index (χ2v) is 21.9. The molecule has 6 amide bonds. The molecule has 5 unspecified atom stereocenters. The highest BCUT2D eigenvalue weighted by Gasteiger charge is 2.41. The Morgan fingerprint density at radius 3 is 1.78 bits per heavy atom. The number of nitrogens with zero attached hydrogens (tertiary/aromatic N) is 2. The molecule has 5 rings (SSSR count). The summed E-state index contributed by atoms with van der Waals surface area (Å²) in [4.78, 5) is 81.6. The predicted octanol–water partition coefficient (Wildman–Crippen LogP) is 9.85. The van der Waals surface area contributed by atoms with Gasteiger partial charge in [0.2, 0.25) is 29.5 Å². The van der Waals surface area contributed by atoms with Crippen LogP contribution in [0.15, 0.2) is 109 Å². The molecule has 1 aliphatic heterocycles. The van der Waals surface area contributed by atoms with E-state index in [0.29, 0.717) is 64.2 Å². The lowest BCUT2D eigenvalue weighted by molar-refractivity contribution is -0.236. The molecule has 4 aromatic rings. The maximum Gasteiger partial charge on any atom is 0.407 e. The van der Waals surface area contributed by atoms with E-state index in [1.54, 1.807) is 24.0 Å². The van der Waals surface area contributed by atoms with Crippen LogP contribution in [0.3, 0.4) is 0 Å². The van der Waals surface area contributed by atoms with Crippen LogP contribution < -0.4 is 30.7 Å². The Bertz CT molecular complexity index is 2540. The number of hydrogen-bond acceptors (Lipinski definition) is 12. The van der Waals surface area contributed by atoms with Crippen molar-refractivity contribution in [2.45, 2.75) is 155 Å². The summed E-state index contributed by atoms with van der Waals surface area (Å²) in [7, 11) is 3.31. The van der Waals surface area contributed by atoms with Crippen molar-refractivity contribution in [3.8, 4) is 11.5 Å². The first-order valence-corrected chi connectivity index (χ1v) is 30.8. The number of methoxy groups -OCH3 is 2. The molecule has 0 spiro atoms. The number of unbranched alkanes of at least 4 members (excludes halogenated alkanes) is 4. The van der Waals surface area contributed by atoms with Crippen molar-refractivity contribution in [2.75, 3.05) is 73.2 Å². The Hall–Kier alpha value is -7.02. The van der Waals surface area contributed by atoms with Crippen LogP contribution in [0, 0.1) is 11.8 Å². The molecule has 466 valence electrons. The van der Waals surface area contributed by atoms with Gasteiger partial charge in [-0.15, -0.1) is 0 Å². The molecule has 4 N–H and O–H groups in total. The summed E-state index contributed by atoms with van der Waals surface area (Å²) in [6, 6.07) is 34.8. The zero-order valence-corrected chi connectivity index (χ0v) is 51.5. The summed E-state index contributed by atoms with van der Waals surface area (Å²) in [5, 5.41) is 11.4. The highest BCUT2D eigenvalue weighted by molar-refractivity contribution is 5.89. The molecule has 0 aromatic heterocycles. The van der Waals surface area contributed by atoms with Crippen LogP contribution in [0.25, 0.3) is 0 Å². The van der Waals surface area contributed by atoms with Gasteiger partial charge in [-0.05, 0) is 90.5 Å². The van der Waals surface area contributed by atoms with Crippen molar-refractivity contribution in [3.05, 3.63) is 131 Å². The van der Waals surface area contributed by atoms with E-state index in [1.165, 1.54) is 0 Å². The van der Waals surface area contributed by atoms with Crippen LogP contribution >= 0.6 is 0 Å². The highest BCUT2D eigenvalue weighted by Crippen LogP contribution is 2.43. The second kappa shape index (κ2) is 38.1. The highest BCUT2D eigenvalue weighted by atomic mass is 16.7. The average molecular weight is 1180 g/mol. The fourth-order valence-corrected chi connectivity index (χ4v) is 10.4. The lowest BCUT2D eigenvalue weighted by atomic mass is 9.79. The molecule has 18 nitrogen and oxygen atoms in total. The van der Waals surface area contributed by atoms with Crippen LogP contribution in [0.2, 0.25) is 0 Å². The van der Waals surface area contributed by atoms with Gasteiger partial charge in [-0.25, -0.2) is 4.79 Å². The molecule has 1 fully saturated rings. The zero-order chi connectivity index (χ0) is 61.2. The second-order valence-electron chi connectivity index (χ2n) is 21.9. The van der Waals surface area contributed by atoms with Gasteiger partial charge >= 0.3 is 6.09 Å². The van der Waals surface area contributed by atoms with Crippen LogP contribution in [0.1, 0.15) is 147 Å². The number of benzene rings is 4. The third kappa shape index (κ3) is 23.1. The molecular weight excluding hydrogens is 1080 g/mol. The summed E-state index contributed by atoms with van der Waals surface area (Å²) in [5.74, 6) is 0.824. The van der Waals surface area contributed by atoms with Gasteiger partial charge in [-0.1, -0.05) is 145 Å². The lowest BCUT2D eigenvalue weighted by Crippen LogP contribution is -2.50. The Kier molecular flexibility index (Phi) is 30.8. The van der Waals surface area contributed by atoms with Gasteiger partial charge in [-0.2, -0.15) is 0 Å². The number of ether oxygens (including phenoxy) is 6. The van der Waals surface area contributed by atoms with Gasteiger partial charge < -0.3 is 59.5 Å². The largest absolute Gasteiger partial charge is 0.497 e. The smallest absolute Gasteiger partial charge is 0.407 e. The van der Waals surface area contributed by atoms with Crippen LogP contribution in [0.5, 0.6) is 11.5 Å². The van der Waals surface area contributed by atoms with Gasteiger partial charge in [-0.3, -0.25) is 24.0 Å². The molecular formula is C67H96N6O12. The van der Waals surface area contributed by atoms with Gasteiger partial charge in [0.25, 0.3) is 0 Å². The van der Waals surface area contributed by atoms with E-state index in [2.05, 4.69) is 54.2 Å². The average Bonchev–Trinajstić information content (AvgIpc) is 3.61. The first kappa shape index (κ1) is 68.8. The first-order chi connectivity index (χ1) is 41.2. The third-order valence-electron chi connectivity index (χ3n) is 15.6. The van der Waals surface area contributed by atoms with E-state index in [0.717, 1.165) is 72.3 Å². The normalized spacial score (nSPS) is 16.1. The van der Waals surface area contributed by atoms with E-state index in [-0.39, 0.29) is 94.4 Å². The van der Waals surface area contributed by atoms with Crippen molar-refractivity contribution in [2.24, 2.45) is 11.8 Å². The Balaban J connectivity index is 1.01. The first-order valence-electron chi connectivity index (χ1n) is 30.8. The van der Waals surface area contributed by atoms with Crippen LogP contribution in [0.4, 0.5) is 4.79 Å². The minimum Gasteiger partial charge on any atom is -0.497 e. The number of rotatable bonds is 39. The molecule has 0 aliphatic carbocycles. The maximum absolute atomic E-state index is 13.8. The van der Waals surface area contributed by atoms with E-state index in [9.17, 15) is 28.8 Å². The summed E-state index contributed by atoms with van der Waals surface area (Å²) in [6.45, 7) is 13.1. The number of amides is 6. The topological polar surface area (TPSA) is 212 Å². The number of nitrogens with one attached hydrogen (secondary N) is 4. The van der Waals surface area contributed by atoms with Crippen LogP contribution in [-0.2, 0) is 55.1 Å². The van der Waals surface area contributed by atoms with Gasteiger partial charge in [0, 0.05) is 84.5 Å². The van der Waals surface area contributed by atoms with E-state index < -0.39 is 29.9 Å².